The Labute approximate surface area is 865 Å². The lowest BCUT2D eigenvalue weighted by molar-refractivity contribution is 0.668. The lowest BCUT2D eigenvalue weighted by atomic mass is 9.83. The molecular weight excluding hydrogens is 1820 g/mol. The summed E-state index contributed by atoms with van der Waals surface area (Å²) in [5, 5.41) is 29.3. The second-order valence-corrected chi connectivity index (χ2v) is 38.6. The van der Waals surface area contributed by atoms with Crippen molar-refractivity contribution in [2.45, 2.75) is 0 Å². The summed E-state index contributed by atoms with van der Waals surface area (Å²) in [7, 11) is 0. The van der Waals surface area contributed by atoms with Crippen LogP contribution in [0.3, 0.4) is 0 Å². The molecule has 0 spiro atoms. The monoisotopic (exact) mass is 1910 g/mol. The molecule has 0 bridgehead atoms. The van der Waals surface area contributed by atoms with Crippen LogP contribution in [0, 0.1) is 0 Å². The first-order valence-corrected chi connectivity index (χ1v) is 51.4. The Morgan fingerprint density at radius 2 is 0.253 bits per heavy atom. The number of rotatable bonds is 11. The molecule has 0 amide bonds. The zero-order valence-corrected chi connectivity index (χ0v) is 81.7. The van der Waals surface area contributed by atoms with E-state index in [-0.39, 0.29) is 0 Å². The zero-order chi connectivity index (χ0) is 99.1. The number of fused-ring (bicyclic) bond motifs is 20. The standard InChI is InChI=1S/3C38H24O.C32H20O/c1-2-12-25(13-3-1)26-14-10-15-27(24-26)36-28-16-4-6-18-30(28)37(31-19-7-5-17-29(31)36)33-21-11-23-35-38(33)32-20-8-9-22-34(32)39-35;1-2-11-25(12-3-1)26-21-23-27(24-22-26)36-28-13-4-6-15-30(28)37(31-16-7-5-14-29(31)36)33-18-10-20-35-38(33)32-17-8-9-19-34(32)39-35;1-2-13-25(14-3-1)26-15-4-5-16-27(26)36-28-17-6-8-19-30(28)37(31-20-9-7-18-29(31)36)33-22-12-24-35-38(33)32-21-10-11-23-34(32)39-35;1-2-11-21(12-3-1)30-22-13-4-6-15-24(22)31(25-16-7-5-14-23(25)30)27-18-10-20-29-32(27)26-17-8-9-19-28(26)33-29/h3*1-24H;1-20H. The van der Waals surface area contributed by atoms with Gasteiger partial charge in [-0.05, 0) is 263 Å². The largest absolute Gasteiger partial charge is 0.456 e. The summed E-state index contributed by atoms with van der Waals surface area (Å²) in [4.78, 5) is 0. The molecule has 0 aliphatic carbocycles. The molecule has 31 aromatic rings. The molecule has 4 heterocycles. The fourth-order valence-electron chi connectivity index (χ4n) is 23.9. The van der Waals surface area contributed by atoms with Gasteiger partial charge in [0.25, 0.3) is 0 Å². The average Bonchev–Trinajstić information content (AvgIpc) is 1.28. The lowest BCUT2D eigenvalue weighted by Gasteiger charge is -2.20. The first-order chi connectivity index (χ1) is 74.5. The van der Waals surface area contributed by atoms with Gasteiger partial charge in [0.2, 0.25) is 0 Å². The van der Waals surface area contributed by atoms with E-state index in [1.807, 2.05) is 30.3 Å². The minimum Gasteiger partial charge on any atom is -0.456 e. The van der Waals surface area contributed by atoms with Crippen LogP contribution < -0.4 is 0 Å². The fraction of sp³-hybridized carbons (Fsp3) is 0. The summed E-state index contributed by atoms with van der Waals surface area (Å²) >= 11 is 0. The molecule has 0 saturated heterocycles. The molecule has 700 valence electrons. The summed E-state index contributed by atoms with van der Waals surface area (Å²) in [6.45, 7) is 0. The number of hydrogen-bond donors (Lipinski definition) is 0. The maximum atomic E-state index is 6.30. The van der Waals surface area contributed by atoms with Crippen LogP contribution >= 0.6 is 0 Å². The van der Waals surface area contributed by atoms with Crippen molar-refractivity contribution in [2.75, 3.05) is 0 Å². The number of hydrogen-bond acceptors (Lipinski definition) is 4. The third kappa shape index (κ3) is 15.1. The fourth-order valence-corrected chi connectivity index (χ4v) is 23.9. The van der Waals surface area contributed by atoms with Gasteiger partial charge < -0.3 is 17.7 Å². The highest BCUT2D eigenvalue weighted by molar-refractivity contribution is 6.32. The molecule has 150 heavy (non-hydrogen) atoms. The van der Waals surface area contributed by atoms with E-state index in [4.69, 9.17) is 17.7 Å². The van der Waals surface area contributed by atoms with Crippen LogP contribution in [0.15, 0.2) is 576 Å². The molecule has 0 aliphatic heterocycles. The summed E-state index contributed by atoms with van der Waals surface area (Å²) in [5.74, 6) is 0. The lowest BCUT2D eigenvalue weighted by Crippen LogP contribution is -1.93. The van der Waals surface area contributed by atoms with Gasteiger partial charge in [-0.15, -0.1) is 0 Å². The van der Waals surface area contributed by atoms with Gasteiger partial charge in [-0.3, -0.25) is 0 Å². The predicted molar refractivity (Wildman–Crippen MR) is 635 cm³/mol. The van der Waals surface area contributed by atoms with E-state index in [0.717, 1.165) is 66.2 Å². The molecule has 4 nitrogen and oxygen atoms in total. The van der Waals surface area contributed by atoms with E-state index in [1.54, 1.807) is 0 Å². The van der Waals surface area contributed by atoms with E-state index in [9.17, 15) is 0 Å². The van der Waals surface area contributed by atoms with Crippen molar-refractivity contribution in [3.05, 3.63) is 558 Å². The number of benzene rings is 27. The van der Waals surface area contributed by atoms with E-state index in [2.05, 4.69) is 528 Å². The van der Waals surface area contributed by atoms with E-state index >= 15 is 0 Å². The molecular formula is C146H92O4. The maximum Gasteiger partial charge on any atom is 0.136 e. The van der Waals surface area contributed by atoms with Crippen LogP contribution in [-0.4, -0.2) is 0 Å². The second-order valence-electron chi connectivity index (χ2n) is 38.6. The van der Waals surface area contributed by atoms with Crippen molar-refractivity contribution in [2.24, 2.45) is 0 Å². The maximum absolute atomic E-state index is 6.30. The van der Waals surface area contributed by atoms with Gasteiger partial charge >= 0.3 is 0 Å². The Balaban J connectivity index is 0.0000000962. The molecule has 0 radical (unpaired) electrons. The minimum atomic E-state index is 0.917. The van der Waals surface area contributed by atoms with Crippen molar-refractivity contribution in [3.63, 3.8) is 0 Å². The van der Waals surface area contributed by atoms with Crippen molar-refractivity contribution in [1.29, 1.82) is 0 Å². The Hall–Kier alpha value is -19.8. The Morgan fingerprint density at radius 1 is 0.0867 bits per heavy atom. The zero-order valence-electron chi connectivity index (χ0n) is 81.7. The van der Waals surface area contributed by atoms with Crippen LogP contribution in [0.4, 0.5) is 0 Å². The van der Waals surface area contributed by atoms with Crippen molar-refractivity contribution in [3.8, 4) is 122 Å². The van der Waals surface area contributed by atoms with E-state index in [0.29, 0.717) is 0 Å². The quantitative estimate of drug-likeness (QED) is 0.121. The van der Waals surface area contributed by atoms with Crippen LogP contribution in [0.5, 0.6) is 0 Å². The van der Waals surface area contributed by atoms with Crippen molar-refractivity contribution < 1.29 is 17.7 Å². The molecule has 0 fully saturated rings. The second kappa shape index (κ2) is 37.4. The highest BCUT2D eigenvalue weighted by atomic mass is 16.3. The summed E-state index contributed by atoms with van der Waals surface area (Å²) < 4.78 is 25.1. The molecule has 0 unspecified atom stereocenters. The Kier molecular flexibility index (Phi) is 22.0. The third-order valence-electron chi connectivity index (χ3n) is 30.3. The van der Waals surface area contributed by atoms with E-state index in [1.165, 1.54) is 230 Å². The van der Waals surface area contributed by atoms with Gasteiger partial charge in [-0.2, -0.15) is 0 Å². The number of para-hydroxylation sites is 4. The molecule has 0 saturated carbocycles. The van der Waals surface area contributed by atoms with Crippen LogP contribution in [0.1, 0.15) is 0 Å². The average molecular weight is 1910 g/mol. The molecule has 0 N–H and O–H groups in total. The molecule has 4 heteroatoms. The first-order valence-electron chi connectivity index (χ1n) is 51.4. The number of furan rings is 4. The van der Waals surface area contributed by atoms with Crippen LogP contribution in [-0.2, 0) is 0 Å². The van der Waals surface area contributed by atoms with Gasteiger partial charge in [0.1, 0.15) is 44.7 Å². The predicted octanol–water partition coefficient (Wildman–Crippen LogP) is 41.9. The summed E-state index contributed by atoms with van der Waals surface area (Å²) in [6.07, 6.45) is 0. The highest BCUT2D eigenvalue weighted by Gasteiger charge is 2.28. The molecule has 0 atom stereocenters. The summed E-state index contributed by atoms with van der Waals surface area (Å²) in [6, 6.07) is 199. The van der Waals surface area contributed by atoms with Crippen LogP contribution in [0.2, 0.25) is 0 Å². The van der Waals surface area contributed by atoms with Gasteiger partial charge in [-0.1, -0.05) is 504 Å². The molecule has 31 rings (SSSR count). The third-order valence-corrected chi connectivity index (χ3v) is 30.3. The van der Waals surface area contributed by atoms with Gasteiger partial charge in [0.05, 0.1) is 0 Å². The Morgan fingerprint density at radius 3 is 0.547 bits per heavy atom. The van der Waals surface area contributed by atoms with Gasteiger partial charge in [0.15, 0.2) is 0 Å². The highest BCUT2D eigenvalue weighted by Crippen LogP contribution is 2.55. The first kappa shape index (κ1) is 88.0. The Bertz CT molecular complexity index is 10500. The molecule has 0 aliphatic rings. The van der Waals surface area contributed by atoms with Gasteiger partial charge in [-0.25, -0.2) is 0 Å². The van der Waals surface area contributed by atoms with Gasteiger partial charge in [0, 0.05) is 43.1 Å². The SMILES string of the molecule is c1ccc(-c2c3ccccc3c(-c3cccc4oc5ccccc5c34)c3ccccc23)cc1.c1ccc(-c2ccc(-c3c4ccccc4c(-c4cccc5oc6ccccc6c45)c4ccccc34)cc2)cc1.c1ccc(-c2cccc(-c3c4ccccc4c(-c4cccc5oc6ccccc6c45)c4ccccc34)c2)cc1.c1ccc(-c2ccccc2-c2c3ccccc3c(-c3cccc4oc5ccccc5c34)c3ccccc23)cc1. The molecule has 4 aromatic heterocycles. The summed E-state index contributed by atoms with van der Waals surface area (Å²) in [5.41, 5.74) is 34.6. The topological polar surface area (TPSA) is 52.6 Å². The van der Waals surface area contributed by atoms with Crippen LogP contribution in [0.25, 0.3) is 296 Å². The minimum absolute atomic E-state index is 0.917. The normalized spacial score (nSPS) is 11.6. The van der Waals surface area contributed by atoms with Crippen molar-refractivity contribution >= 4 is 174 Å². The smallest absolute Gasteiger partial charge is 0.136 e. The van der Waals surface area contributed by atoms with Crippen molar-refractivity contribution in [1.82, 2.24) is 0 Å². The van der Waals surface area contributed by atoms with E-state index < -0.39 is 0 Å². The molecule has 27 aromatic carbocycles.